The van der Waals surface area contributed by atoms with E-state index in [1.807, 2.05) is 0 Å². The van der Waals surface area contributed by atoms with Gasteiger partial charge >= 0.3 is 11.6 Å². The van der Waals surface area contributed by atoms with Crippen LogP contribution < -0.4 is 15.7 Å². The van der Waals surface area contributed by atoms with E-state index >= 15 is 0 Å². The molecule has 0 aliphatic rings. The molecule has 0 spiro atoms. The molecule has 1 heterocycles. The molecule has 0 unspecified atom stereocenters. The van der Waals surface area contributed by atoms with Crippen molar-refractivity contribution < 1.29 is 18.7 Å². The molecule has 1 aromatic heterocycles. The van der Waals surface area contributed by atoms with Crippen molar-refractivity contribution in [1.82, 2.24) is 5.32 Å². The SMILES string of the molecule is Cc1cc(=O)oc2cc(OC(=O)CNC(=O)c3ccccc3)c(Cl)cc12. The first kappa shape index (κ1) is 17.7. The average molecular weight is 372 g/mol. The van der Waals surface area contributed by atoms with Crippen LogP contribution in [0.4, 0.5) is 0 Å². The quantitative estimate of drug-likeness (QED) is 0.432. The summed E-state index contributed by atoms with van der Waals surface area (Å²) in [6, 6.07) is 12.8. The van der Waals surface area contributed by atoms with Crippen LogP contribution in [-0.2, 0) is 4.79 Å². The van der Waals surface area contributed by atoms with Crippen LogP contribution in [0.25, 0.3) is 11.0 Å². The zero-order valence-electron chi connectivity index (χ0n) is 13.7. The molecule has 0 aliphatic carbocycles. The Labute approximate surface area is 153 Å². The highest BCUT2D eigenvalue weighted by atomic mass is 35.5. The van der Waals surface area contributed by atoms with Crippen molar-refractivity contribution in [3.8, 4) is 5.75 Å². The number of benzene rings is 2. The van der Waals surface area contributed by atoms with E-state index in [0.717, 1.165) is 0 Å². The molecule has 6 nitrogen and oxygen atoms in total. The monoisotopic (exact) mass is 371 g/mol. The van der Waals surface area contributed by atoms with Crippen molar-refractivity contribution >= 4 is 34.4 Å². The number of aryl methyl sites for hydroxylation is 1. The fraction of sp³-hybridized carbons (Fsp3) is 0.105. The summed E-state index contributed by atoms with van der Waals surface area (Å²) >= 11 is 6.13. The Hall–Kier alpha value is -3.12. The van der Waals surface area contributed by atoms with Crippen LogP contribution in [0.15, 0.2) is 57.7 Å². The Bertz CT molecular complexity index is 1040. The second-order valence-corrected chi connectivity index (χ2v) is 5.96. The smallest absolute Gasteiger partial charge is 0.336 e. The number of nitrogens with one attached hydrogen (secondary N) is 1. The summed E-state index contributed by atoms with van der Waals surface area (Å²) in [5.74, 6) is -1.05. The van der Waals surface area contributed by atoms with Gasteiger partial charge in [0.25, 0.3) is 5.91 Å². The summed E-state index contributed by atoms with van der Waals surface area (Å²) in [6.45, 7) is 1.42. The number of esters is 1. The zero-order chi connectivity index (χ0) is 18.7. The van der Waals surface area contributed by atoms with Gasteiger partial charge in [0.05, 0.1) is 5.02 Å². The third-order valence-electron chi connectivity index (χ3n) is 3.66. The molecule has 0 saturated carbocycles. The number of carbonyl (C=O) groups excluding carboxylic acids is 2. The largest absolute Gasteiger partial charge is 0.423 e. The summed E-state index contributed by atoms with van der Waals surface area (Å²) in [5, 5.41) is 3.30. The van der Waals surface area contributed by atoms with Crippen molar-refractivity contribution in [2.24, 2.45) is 0 Å². The second kappa shape index (κ2) is 7.41. The van der Waals surface area contributed by atoms with Crippen molar-refractivity contribution in [2.45, 2.75) is 6.92 Å². The zero-order valence-corrected chi connectivity index (χ0v) is 14.5. The molecule has 1 amide bonds. The Morgan fingerprint density at radius 2 is 1.88 bits per heavy atom. The first-order valence-corrected chi connectivity index (χ1v) is 8.10. The van der Waals surface area contributed by atoms with Crippen LogP contribution >= 0.6 is 11.6 Å². The van der Waals surface area contributed by atoms with E-state index in [1.165, 1.54) is 12.1 Å². The molecule has 0 aliphatic heterocycles. The van der Waals surface area contributed by atoms with Crippen LogP contribution in [0.2, 0.25) is 5.02 Å². The van der Waals surface area contributed by atoms with Gasteiger partial charge < -0.3 is 14.5 Å². The number of hydrogen-bond donors (Lipinski definition) is 1. The molecule has 7 heteroatoms. The van der Waals surface area contributed by atoms with Crippen LogP contribution in [0, 0.1) is 6.92 Å². The fourth-order valence-corrected chi connectivity index (χ4v) is 2.60. The van der Waals surface area contributed by atoms with Gasteiger partial charge in [0.1, 0.15) is 12.1 Å². The van der Waals surface area contributed by atoms with E-state index in [1.54, 1.807) is 43.3 Å². The lowest BCUT2D eigenvalue weighted by molar-refractivity contribution is -0.133. The predicted molar refractivity (Wildman–Crippen MR) is 96.6 cm³/mol. The van der Waals surface area contributed by atoms with Gasteiger partial charge in [0.2, 0.25) is 0 Å². The summed E-state index contributed by atoms with van der Waals surface area (Å²) < 4.78 is 10.3. The number of carbonyl (C=O) groups is 2. The highest BCUT2D eigenvalue weighted by Gasteiger charge is 2.14. The molecule has 3 rings (SSSR count). The standard InChI is InChI=1S/C19H14ClNO5/c1-11-7-17(22)25-15-9-16(14(20)8-13(11)15)26-18(23)10-21-19(24)12-5-3-2-4-6-12/h2-9H,10H2,1H3,(H,21,24). The number of ether oxygens (including phenoxy) is 1. The number of fused-ring (bicyclic) bond motifs is 1. The summed E-state index contributed by atoms with van der Waals surface area (Å²) in [4.78, 5) is 35.4. The second-order valence-electron chi connectivity index (χ2n) is 5.55. The lowest BCUT2D eigenvalue weighted by Gasteiger charge is -2.09. The Morgan fingerprint density at radius 1 is 1.15 bits per heavy atom. The summed E-state index contributed by atoms with van der Waals surface area (Å²) in [7, 11) is 0. The normalized spacial score (nSPS) is 10.5. The van der Waals surface area contributed by atoms with Crippen molar-refractivity contribution in [1.29, 1.82) is 0 Å². The lowest BCUT2D eigenvalue weighted by Crippen LogP contribution is -2.31. The average Bonchev–Trinajstić information content (AvgIpc) is 2.62. The van der Waals surface area contributed by atoms with E-state index in [2.05, 4.69) is 5.32 Å². The first-order valence-electron chi connectivity index (χ1n) is 7.72. The Morgan fingerprint density at radius 3 is 2.62 bits per heavy atom. The van der Waals surface area contributed by atoms with Gasteiger partial charge in [-0.3, -0.25) is 4.79 Å². The predicted octanol–water partition coefficient (Wildman–Crippen LogP) is 3.09. The van der Waals surface area contributed by atoms with Gasteiger partial charge in [0, 0.05) is 23.1 Å². The maximum atomic E-state index is 12.0. The molecular formula is C19H14ClNO5. The van der Waals surface area contributed by atoms with Gasteiger partial charge in [0.15, 0.2) is 5.75 Å². The topological polar surface area (TPSA) is 85.6 Å². The van der Waals surface area contributed by atoms with Crippen molar-refractivity contribution in [3.63, 3.8) is 0 Å². The Kier molecular flexibility index (Phi) is 5.04. The molecule has 2 aromatic carbocycles. The van der Waals surface area contributed by atoms with Gasteiger partial charge in [-0.2, -0.15) is 0 Å². The maximum Gasteiger partial charge on any atom is 0.336 e. The van der Waals surface area contributed by atoms with Crippen LogP contribution in [-0.4, -0.2) is 18.4 Å². The molecule has 132 valence electrons. The van der Waals surface area contributed by atoms with E-state index in [9.17, 15) is 14.4 Å². The number of rotatable bonds is 4. The highest BCUT2D eigenvalue weighted by molar-refractivity contribution is 6.33. The maximum absolute atomic E-state index is 12.0. The summed E-state index contributed by atoms with van der Waals surface area (Å²) in [5.41, 5.74) is 0.882. The molecule has 3 aromatic rings. The lowest BCUT2D eigenvalue weighted by atomic mass is 10.1. The van der Waals surface area contributed by atoms with Gasteiger partial charge in [-0.05, 0) is 30.7 Å². The van der Waals surface area contributed by atoms with Gasteiger partial charge in [-0.1, -0.05) is 29.8 Å². The van der Waals surface area contributed by atoms with E-state index < -0.39 is 17.5 Å². The summed E-state index contributed by atoms with van der Waals surface area (Å²) in [6.07, 6.45) is 0. The van der Waals surface area contributed by atoms with Crippen molar-refractivity contribution in [2.75, 3.05) is 6.54 Å². The number of hydrogen-bond acceptors (Lipinski definition) is 5. The highest BCUT2D eigenvalue weighted by Crippen LogP contribution is 2.31. The van der Waals surface area contributed by atoms with Crippen LogP contribution in [0.5, 0.6) is 5.75 Å². The third kappa shape index (κ3) is 3.92. The van der Waals surface area contributed by atoms with Gasteiger partial charge in [-0.15, -0.1) is 0 Å². The minimum absolute atomic E-state index is 0.0480. The first-order chi connectivity index (χ1) is 12.4. The Balaban J connectivity index is 1.72. The molecule has 0 saturated heterocycles. The van der Waals surface area contributed by atoms with Gasteiger partial charge in [-0.25, -0.2) is 9.59 Å². The third-order valence-corrected chi connectivity index (χ3v) is 3.95. The number of halogens is 1. The molecule has 0 bridgehead atoms. The minimum atomic E-state index is -0.703. The fourth-order valence-electron chi connectivity index (χ4n) is 2.40. The molecule has 0 atom stereocenters. The molecule has 1 N–H and O–H groups in total. The van der Waals surface area contributed by atoms with E-state index in [-0.39, 0.29) is 22.9 Å². The molecule has 26 heavy (non-hydrogen) atoms. The minimum Gasteiger partial charge on any atom is -0.423 e. The van der Waals surface area contributed by atoms with E-state index in [4.69, 9.17) is 20.8 Å². The molecule has 0 radical (unpaired) electrons. The molecular weight excluding hydrogens is 358 g/mol. The van der Waals surface area contributed by atoms with Crippen molar-refractivity contribution in [3.05, 3.63) is 75.1 Å². The molecule has 0 fully saturated rings. The van der Waals surface area contributed by atoms with Crippen LogP contribution in [0.1, 0.15) is 15.9 Å². The van der Waals surface area contributed by atoms with Crippen LogP contribution in [0.3, 0.4) is 0 Å². The van der Waals surface area contributed by atoms with E-state index in [0.29, 0.717) is 16.5 Å². The number of amides is 1.